The molecule has 10 rings (SSSR count). The van der Waals surface area contributed by atoms with Gasteiger partial charge in [0.2, 0.25) is 0 Å². The third-order valence-electron chi connectivity index (χ3n) is 12.1. The Bertz CT molecular complexity index is 2700. The van der Waals surface area contributed by atoms with Crippen LogP contribution in [0.25, 0.3) is 33.4 Å². The van der Waals surface area contributed by atoms with Crippen LogP contribution in [0.3, 0.4) is 0 Å². The molecule has 0 amide bonds. The lowest BCUT2D eigenvalue weighted by Gasteiger charge is -2.33. The summed E-state index contributed by atoms with van der Waals surface area (Å²) in [4.78, 5) is 2.31. The Morgan fingerprint density at radius 1 is 0.442 bits per heavy atom. The van der Waals surface area contributed by atoms with E-state index >= 15 is 0 Å². The molecule has 0 bridgehead atoms. The molecule has 0 aromatic heterocycles. The molecular formula is C51H43N. The zero-order valence-corrected chi connectivity index (χ0v) is 30.4. The maximum Gasteiger partial charge on any atom is 0.0726 e. The molecule has 252 valence electrons. The quantitative estimate of drug-likeness (QED) is 0.181. The van der Waals surface area contributed by atoms with Crippen molar-refractivity contribution < 1.29 is 4.11 Å². The Balaban J connectivity index is 1.24. The molecule has 7 aromatic carbocycles. The topological polar surface area (TPSA) is 3.24 Å². The number of anilines is 3. The molecule has 1 spiro atoms. The Morgan fingerprint density at radius 3 is 1.56 bits per heavy atom. The van der Waals surface area contributed by atoms with Crippen LogP contribution in [-0.2, 0) is 16.2 Å². The smallest absolute Gasteiger partial charge is 0.0726 e. The van der Waals surface area contributed by atoms with E-state index in [4.69, 9.17) is 4.11 Å². The van der Waals surface area contributed by atoms with Gasteiger partial charge in [-0.1, -0.05) is 155 Å². The third-order valence-corrected chi connectivity index (χ3v) is 12.1. The van der Waals surface area contributed by atoms with Gasteiger partial charge in [0.1, 0.15) is 0 Å². The van der Waals surface area contributed by atoms with Crippen LogP contribution in [-0.4, -0.2) is 0 Å². The van der Waals surface area contributed by atoms with Crippen molar-refractivity contribution in [3.63, 3.8) is 0 Å². The highest BCUT2D eigenvalue weighted by Crippen LogP contribution is 2.64. The summed E-state index contributed by atoms with van der Waals surface area (Å²) in [6.45, 7) is 9.31. The SMILES string of the molecule is [2H]C([2H])([2H])c1ccc(N(c2ccc3c(c2)-c2ccccc2C3(C)C)c2ccc3c(c2)C2(c4ccccc4-3)c3ccccc3-c3ccc(C(C)(C)C)cc32)cc1. The summed E-state index contributed by atoms with van der Waals surface area (Å²) in [5.74, 6) is 0. The van der Waals surface area contributed by atoms with Gasteiger partial charge in [-0.2, -0.15) is 0 Å². The van der Waals surface area contributed by atoms with Crippen molar-refractivity contribution in [2.24, 2.45) is 0 Å². The van der Waals surface area contributed by atoms with E-state index in [0.717, 1.165) is 17.1 Å². The lowest BCUT2D eigenvalue weighted by molar-refractivity contribution is 0.588. The minimum atomic E-state index is -2.19. The third kappa shape index (κ3) is 4.11. The van der Waals surface area contributed by atoms with E-state index in [0.29, 0.717) is 5.56 Å². The first-order valence-corrected chi connectivity index (χ1v) is 18.4. The zero-order valence-electron chi connectivity index (χ0n) is 33.4. The second-order valence-electron chi connectivity index (χ2n) is 16.4. The highest BCUT2D eigenvalue weighted by Gasteiger charge is 2.52. The molecule has 0 fully saturated rings. The molecule has 0 saturated heterocycles. The Morgan fingerprint density at radius 2 is 0.923 bits per heavy atom. The number of benzene rings is 7. The molecule has 0 saturated carbocycles. The van der Waals surface area contributed by atoms with Crippen LogP contribution < -0.4 is 4.90 Å². The van der Waals surface area contributed by atoms with Crippen LogP contribution in [0.4, 0.5) is 17.1 Å². The van der Waals surface area contributed by atoms with Gasteiger partial charge in [0.15, 0.2) is 0 Å². The number of rotatable bonds is 3. The highest BCUT2D eigenvalue weighted by atomic mass is 15.1. The van der Waals surface area contributed by atoms with Crippen molar-refractivity contribution in [2.75, 3.05) is 4.90 Å². The summed E-state index contributed by atoms with van der Waals surface area (Å²) in [5.41, 5.74) is 19.4. The standard InChI is InChI=1S/C51H43N/c1-32-19-22-34(23-20-32)52(35-25-28-44-42(30-35)39-15-7-10-16-43(39)50(44,5)6)36-24-27-41-38-14-9-12-18-46(38)51(48(41)31-36)45-17-11-8-13-37(45)40-26-21-33(29-47(40)51)49(2,3)4/h7-31H,1-6H3/i1D3. The number of hydrogen-bond acceptors (Lipinski definition) is 1. The van der Waals surface area contributed by atoms with Gasteiger partial charge < -0.3 is 4.90 Å². The number of aryl methyl sites for hydroxylation is 1. The number of nitrogens with zero attached hydrogens (tertiary/aromatic N) is 1. The molecule has 0 N–H and O–H groups in total. The minimum absolute atomic E-state index is 0.0216. The summed E-state index contributed by atoms with van der Waals surface area (Å²) < 4.78 is 24.3. The fraction of sp³-hybridized carbons (Fsp3) is 0.176. The van der Waals surface area contributed by atoms with Crippen LogP contribution in [0.15, 0.2) is 152 Å². The van der Waals surface area contributed by atoms with E-state index < -0.39 is 12.3 Å². The molecule has 0 aliphatic heterocycles. The number of hydrogen-bond donors (Lipinski definition) is 0. The van der Waals surface area contributed by atoms with Crippen molar-refractivity contribution in [1.82, 2.24) is 0 Å². The first-order chi connectivity index (χ1) is 26.3. The minimum Gasteiger partial charge on any atom is -0.310 e. The van der Waals surface area contributed by atoms with Crippen LogP contribution in [0.2, 0.25) is 0 Å². The molecule has 0 heterocycles. The van der Waals surface area contributed by atoms with Gasteiger partial charge in [-0.05, 0) is 121 Å². The van der Waals surface area contributed by atoms with Gasteiger partial charge >= 0.3 is 0 Å². The van der Waals surface area contributed by atoms with Crippen LogP contribution in [0, 0.1) is 6.85 Å². The monoisotopic (exact) mass is 672 g/mol. The van der Waals surface area contributed by atoms with Gasteiger partial charge in [-0.3, -0.25) is 0 Å². The molecule has 1 unspecified atom stereocenters. The summed E-state index contributed by atoms with van der Waals surface area (Å²) in [6.07, 6.45) is 0. The Labute approximate surface area is 312 Å². The molecular weight excluding hydrogens is 627 g/mol. The first-order valence-electron chi connectivity index (χ1n) is 19.9. The Hall–Kier alpha value is -5.66. The summed E-state index contributed by atoms with van der Waals surface area (Å²) in [7, 11) is 0. The second kappa shape index (κ2) is 10.7. The van der Waals surface area contributed by atoms with Crippen molar-refractivity contribution in [3.8, 4) is 33.4 Å². The lowest BCUT2D eigenvalue weighted by Crippen LogP contribution is -2.27. The van der Waals surface area contributed by atoms with Gasteiger partial charge in [-0.15, -0.1) is 0 Å². The van der Waals surface area contributed by atoms with Crippen molar-refractivity contribution in [3.05, 3.63) is 196 Å². The second-order valence-corrected chi connectivity index (χ2v) is 16.4. The predicted molar refractivity (Wildman–Crippen MR) is 218 cm³/mol. The maximum atomic E-state index is 8.10. The van der Waals surface area contributed by atoms with Crippen molar-refractivity contribution in [2.45, 2.75) is 57.7 Å². The summed E-state index contributed by atoms with van der Waals surface area (Å²) >= 11 is 0. The largest absolute Gasteiger partial charge is 0.310 e. The highest BCUT2D eigenvalue weighted by molar-refractivity contribution is 5.97. The van der Waals surface area contributed by atoms with E-state index in [2.05, 4.69) is 167 Å². The van der Waals surface area contributed by atoms with E-state index in [1.165, 1.54) is 72.3 Å². The predicted octanol–water partition coefficient (Wildman–Crippen LogP) is 13.4. The number of fused-ring (bicyclic) bond motifs is 13. The first kappa shape index (κ1) is 28.0. The maximum absolute atomic E-state index is 8.10. The van der Waals surface area contributed by atoms with E-state index in [1.54, 1.807) is 12.1 Å². The molecule has 3 aliphatic carbocycles. The summed E-state index contributed by atoms with van der Waals surface area (Å²) in [5, 5.41) is 0. The molecule has 3 aliphatic rings. The molecule has 1 nitrogen and oxygen atoms in total. The molecule has 0 radical (unpaired) electrons. The molecule has 52 heavy (non-hydrogen) atoms. The van der Waals surface area contributed by atoms with Gasteiger partial charge in [0, 0.05) is 26.6 Å². The molecule has 7 aromatic rings. The molecule has 1 atom stereocenters. The van der Waals surface area contributed by atoms with Gasteiger partial charge in [0.25, 0.3) is 0 Å². The normalized spacial score (nSPS) is 18.0. The lowest BCUT2D eigenvalue weighted by atomic mass is 9.69. The zero-order chi connectivity index (χ0) is 38.1. The van der Waals surface area contributed by atoms with Crippen LogP contribution in [0.5, 0.6) is 0 Å². The average molecular weight is 673 g/mol. The van der Waals surface area contributed by atoms with E-state index in [9.17, 15) is 0 Å². The Kier molecular flexibility index (Phi) is 5.75. The van der Waals surface area contributed by atoms with Crippen LogP contribution >= 0.6 is 0 Å². The van der Waals surface area contributed by atoms with Gasteiger partial charge in [0.05, 0.1) is 5.41 Å². The van der Waals surface area contributed by atoms with Crippen molar-refractivity contribution >= 4 is 17.1 Å². The van der Waals surface area contributed by atoms with Crippen molar-refractivity contribution in [1.29, 1.82) is 0 Å². The fourth-order valence-electron chi connectivity index (χ4n) is 9.64. The van der Waals surface area contributed by atoms with E-state index in [-0.39, 0.29) is 10.8 Å². The van der Waals surface area contributed by atoms with Gasteiger partial charge in [-0.25, -0.2) is 0 Å². The molecule has 1 heteroatoms. The van der Waals surface area contributed by atoms with Crippen LogP contribution in [0.1, 0.15) is 83.2 Å². The summed E-state index contributed by atoms with van der Waals surface area (Å²) in [6, 6.07) is 55.0. The van der Waals surface area contributed by atoms with E-state index in [1.807, 2.05) is 12.1 Å². The average Bonchev–Trinajstić information content (AvgIpc) is 3.73. The fourth-order valence-corrected chi connectivity index (χ4v) is 9.64.